The average Bonchev–Trinajstić information content (AvgIpc) is 3.00. The van der Waals surface area contributed by atoms with Crippen LogP contribution in [0.2, 0.25) is 0 Å². The van der Waals surface area contributed by atoms with Gasteiger partial charge in [0.15, 0.2) is 0 Å². The van der Waals surface area contributed by atoms with Gasteiger partial charge in [0, 0.05) is 56.4 Å². The molecule has 0 radical (unpaired) electrons. The van der Waals surface area contributed by atoms with Crippen LogP contribution in [0.3, 0.4) is 0 Å². The number of aryl methyl sites for hydroxylation is 1. The van der Waals surface area contributed by atoms with Crippen LogP contribution in [-0.2, 0) is 17.8 Å². The highest BCUT2D eigenvalue weighted by Gasteiger charge is 2.22. The first-order valence-corrected chi connectivity index (χ1v) is 8.84. The van der Waals surface area contributed by atoms with E-state index in [1.165, 1.54) is 11.1 Å². The molecule has 0 spiro atoms. The highest BCUT2D eigenvalue weighted by atomic mass is 16.5. The van der Waals surface area contributed by atoms with Crippen molar-refractivity contribution in [2.24, 2.45) is 0 Å². The molecule has 1 fully saturated rings. The van der Waals surface area contributed by atoms with Crippen LogP contribution in [0.5, 0.6) is 0 Å². The molecule has 1 aliphatic rings. The van der Waals surface area contributed by atoms with Crippen molar-refractivity contribution < 1.29 is 4.74 Å². The Bertz CT molecular complexity index is 664. The van der Waals surface area contributed by atoms with E-state index in [1.54, 1.807) is 0 Å². The summed E-state index contributed by atoms with van der Waals surface area (Å²) in [6, 6.07) is 4.54. The standard InChI is InChI=1S/C19H27N5O/c1-3-8-24-15-18(16(2)22-24)13-21-14-19(17-4-6-20-7-5-17)23-9-11-25-12-10-23/h3-7,15,19,21H,1,8-14H2,2H3/t19-/m0/s1. The van der Waals surface area contributed by atoms with Gasteiger partial charge in [-0.25, -0.2) is 0 Å². The molecule has 0 bridgehead atoms. The number of aromatic nitrogens is 3. The molecule has 134 valence electrons. The molecular weight excluding hydrogens is 314 g/mol. The lowest BCUT2D eigenvalue weighted by atomic mass is 10.1. The number of pyridine rings is 1. The summed E-state index contributed by atoms with van der Waals surface area (Å²) in [7, 11) is 0. The van der Waals surface area contributed by atoms with Gasteiger partial charge >= 0.3 is 0 Å². The summed E-state index contributed by atoms with van der Waals surface area (Å²) in [5, 5.41) is 8.13. The molecule has 0 amide bonds. The van der Waals surface area contributed by atoms with Crippen LogP contribution in [-0.4, -0.2) is 52.5 Å². The topological polar surface area (TPSA) is 55.2 Å². The van der Waals surface area contributed by atoms with Crippen molar-refractivity contribution >= 4 is 0 Å². The van der Waals surface area contributed by atoms with Crippen LogP contribution < -0.4 is 5.32 Å². The third kappa shape index (κ3) is 4.75. The summed E-state index contributed by atoms with van der Waals surface area (Å²) in [5.74, 6) is 0. The van der Waals surface area contributed by atoms with E-state index in [0.29, 0.717) is 6.04 Å². The van der Waals surface area contributed by atoms with E-state index >= 15 is 0 Å². The molecule has 1 atom stereocenters. The summed E-state index contributed by atoms with van der Waals surface area (Å²) in [6.45, 7) is 11.8. The maximum atomic E-state index is 5.51. The molecule has 2 aromatic rings. The molecule has 3 rings (SSSR count). The van der Waals surface area contributed by atoms with E-state index in [-0.39, 0.29) is 0 Å². The van der Waals surface area contributed by atoms with Crippen molar-refractivity contribution in [1.82, 2.24) is 25.0 Å². The van der Waals surface area contributed by atoms with Crippen LogP contribution in [0.1, 0.15) is 22.9 Å². The minimum absolute atomic E-state index is 0.329. The van der Waals surface area contributed by atoms with Crippen LogP contribution in [0.25, 0.3) is 0 Å². The lowest BCUT2D eigenvalue weighted by molar-refractivity contribution is 0.0161. The molecule has 6 nitrogen and oxygen atoms in total. The van der Waals surface area contributed by atoms with Crippen molar-refractivity contribution in [3.8, 4) is 0 Å². The second-order valence-electron chi connectivity index (χ2n) is 6.33. The summed E-state index contributed by atoms with van der Waals surface area (Å²) in [4.78, 5) is 6.64. The summed E-state index contributed by atoms with van der Waals surface area (Å²) in [5.41, 5.74) is 3.60. The molecule has 3 heterocycles. The number of morpholine rings is 1. The first-order chi connectivity index (χ1) is 12.3. The number of nitrogens with zero attached hydrogens (tertiary/aromatic N) is 4. The zero-order chi connectivity index (χ0) is 17.5. The summed E-state index contributed by atoms with van der Waals surface area (Å²) in [6.07, 6.45) is 7.69. The Morgan fingerprint density at radius 2 is 2.08 bits per heavy atom. The second-order valence-corrected chi connectivity index (χ2v) is 6.33. The third-order valence-electron chi connectivity index (χ3n) is 4.59. The zero-order valence-electron chi connectivity index (χ0n) is 14.9. The molecule has 2 aromatic heterocycles. The molecule has 1 aliphatic heterocycles. The van der Waals surface area contributed by atoms with E-state index in [0.717, 1.165) is 51.6 Å². The van der Waals surface area contributed by atoms with Gasteiger partial charge in [0.25, 0.3) is 0 Å². The number of hydrogen-bond donors (Lipinski definition) is 1. The molecule has 0 aliphatic carbocycles. The fourth-order valence-electron chi connectivity index (χ4n) is 3.23. The first-order valence-electron chi connectivity index (χ1n) is 8.84. The van der Waals surface area contributed by atoms with Gasteiger partial charge in [-0.2, -0.15) is 5.10 Å². The fourth-order valence-corrected chi connectivity index (χ4v) is 3.23. The van der Waals surface area contributed by atoms with E-state index in [2.05, 4.69) is 52.1 Å². The van der Waals surface area contributed by atoms with Gasteiger partial charge in [0.1, 0.15) is 0 Å². The summed E-state index contributed by atoms with van der Waals surface area (Å²) >= 11 is 0. The SMILES string of the molecule is C=CCn1cc(CNC[C@@H](c2ccncc2)N2CCOCC2)c(C)n1. The largest absolute Gasteiger partial charge is 0.379 e. The zero-order valence-corrected chi connectivity index (χ0v) is 14.9. The maximum absolute atomic E-state index is 5.51. The van der Waals surface area contributed by atoms with Gasteiger partial charge < -0.3 is 10.1 Å². The molecule has 1 saturated heterocycles. The highest BCUT2D eigenvalue weighted by molar-refractivity contribution is 5.18. The quantitative estimate of drug-likeness (QED) is 0.744. The van der Waals surface area contributed by atoms with Gasteiger partial charge in [-0.15, -0.1) is 6.58 Å². The monoisotopic (exact) mass is 341 g/mol. The van der Waals surface area contributed by atoms with Gasteiger partial charge in [-0.1, -0.05) is 6.08 Å². The minimum atomic E-state index is 0.329. The molecule has 0 unspecified atom stereocenters. The predicted molar refractivity (Wildman–Crippen MR) is 98.2 cm³/mol. The second kappa shape index (κ2) is 8.89. The lowest BCUT2D eigenvalue weighted by Gasteiger charge is -2.35. The molecule has 1 N–H and O–H groups in total. The number of allylic oxidation sites excluding steroid dienone is 1. The van der Waals surface area contributed by atoms with E-state index in [1.807, 2.05) is 23.2 Å². The van der Waals surface area contributed by atoms with Crippen LogP contribution in [0, 0.1) is 6.92 Å². The first kappa shape index (κ1) is 17.8. The highest BCUT2D eigenvalue weighted by Crippen LogP contribution is 2.20. The smallest absolute Gasteiger partial charge is 0.0638 e. The van der Waals surface area contributed by atoms with Crippen LogP contribution >= 0.6 is 0 Å². The Balaban J connectivity index is 1.63. The van der Waals surface area contributed by atoms with Crippen molar-refractivity contribution in [3.63, 3.8) is 0 Å². The number of ether oxygens (including phenoxy) is 1. The van der Waals surface area contributed by atoms with Crippen molar-refractivity contribution in [1.29, 1.82) is 0 Å². The molecule has 25 heavy (non-hydrogen) atoms. The minimum Gasteiger partial charge on any atom is -0.379 e. The Hall–Kier alpha value is -2.02. The van der Waals surface area contributed by atoms with E-state index < -0.39 is 0 Å². The molecule has 0 saturated carbocycles. The lowest BCUT2D eigenvalue weighted by Crippen LogP contribution is -2.42. The Labute approximate surface area is 149 Å². The van der Waals surface area contributed by atoms with Gasteiger partial charge in [-0.05, 0) is 24.6 Å². The molecule has 0 aromatic carbocycles. The Morgan fingerprint density at radius 3 is 2.80 bits per heavy atom. The average molecular weight is 341 g/mol. The Morgan fingerprint density at radius 1 is 1.32 bits per heavy atom. The van der Waals surface area contributed by atoms with Crippen molar-refractivity contribution in [2.45, 2.75) is 26.1 Å². The van der Waals surface area contributed by atoms with Gasteiger partial charge in [0.05, 0.1) is 25.5 Å². The van der Waals surface area contributed by atoms with Crippen LogP contribution in [0.4, 0.5) is 0 Å². The maximum Gasteiger partial charge on any atom is 0.0638 e. The predicted octanol–water partition coefficient (Wildman–Crippen LogP) is 1.94. The number of rotatable bonds is 8. The number of nitrogens with one attached hydrogen (secondary N) is 1. The van der Waals surface area contributed by atoms with Crippen molar-refractivity contribution in [3.05, 3.63) is 60.2 Å². The third-order valence-corrected chi connectivity index (χ3v) is 4.59. The van der Waals surface area contributed by atoms with E-state index in [4.69, 9.17) is 4.74 Å². The fraction of sp³-hybridized carbons (Fsp3) is 0.474. The van der Waals surface area contributed by atoms with Gasteiger partial charge in [-0.3, -0.25) is 14.6 Å². The Kier molecular flexibility index (Phi) is 6.33. The van der Waals surface area contributed by atoms with Crippen LogP contribution in [0.15, 0.2) is 43.4 Å². The van der Waals surface area contributed by atoms with Crippen molar-refractivity contribution in [2.75, 3.05) is 32.8 Å². The van der Waals surface area contributed by atoms with Gasteiger partial charge in [0.2, 0.25) is 0 Å². The normalized spacial score (nSPS) is 16.7. The molecule has 6 heteroatoms. The number of hydrogen-bond acceptors (Lipinski definition) is 5. The molecular formula is C19H27N5O. The van der Waals surface area contributed by atoms with E-state index in [9.17, 15) is 0 Å². The summed E-state index contributed by atoms with van der Waals surface area (Å²) < 4.78 is 7.44.